The Hall–Kier alpha value is -0.440. The van der Waals surface area contributed by atoms with Crippen molar-refractivity contribution < 1.29 is 5.11 Å². The van der Waals surface area contributed by atoms with Crippen molar-refractivity contribution >= 4 is 0 Å². The van der Waals surface area contributed by atoms with Crippen molar-refractivity contribution in [3.05, 3.63) is 0 Å². The molecule has 0 bridgehead atoms. The van der Waals surface area contributed by atoms with Gasteiger partial charge in [-0.05, 0) is 0 Å². The SMILES string of the molecule is CC(C)C1(CCO)N=N1. The molecule has 1 heterocycles. The predicted octanol–water partition coefficient (Wildman–Crippen LogP) is 1.19. The van der Waals surface area contributed by atoms with Gasteiger partial charge in [-0.25, -0.2) is 0 Å². The zero-order valence-corrected chi connectivity index (χ0v) is 5.83. The molecule has 0 aliphatic carbocycles. The second-order valence-corrected chi connectivity index (χ2v) is 2.71. The summed E-state index contributed by atoms with van der Waals surface area (Å²) in [5, 5.41) is 16.3. The molecular weight excluding hydrogens is 116 g/mol. The third-order valence-electron chi connectivity index (χ3n) is 1.76. The van der Waals surface area contributed by atoms with Crippen LogP contribution in [0.3, 0.4) is 0 Å². The van der Waals surface area contributed by atoms with Gasteiger partial charge in [-0.15, -0.1) is 0 Å². The number of hydrogen-bond donors (Lipinski definition) is 1. The van der Waals surface area contributed by atoms with Crippen LogP contribution in [0.15, 0.2) is 10.2 Å². The van der Waals surface area contributed by atoms with E-state index in [4.69, 9.17) is 5.11 Å². The predicted molar refractivity (Wildman–Crippen MR) is 34.1 cm³/mol. The van der Waals surface area contributed by atoms with E-state index in [1.54, 1.807) is 0 Å². The van der Waals surface area contributed by atoms with Crippen LogP contribution in [0.4, 0.5) is 0 Å². The molecule has 0 radical (unpaired) electrons. The molecule has 0 spiro atoms. The molecule has 0 amide bonds. The standard InChI is InChI=1S/C6H12N2O/c1-5(2)6(3-4-9)7-8-6/h5,9H,3-4H2,1-2H3. The quantitative estimate of drug-likeness (QED) is 0.609. The van der Waals surface area contributed by atoms with Crippen molar-refractivity contribution in [3.63, 3.8) is 0 Å². The molecule has 0 saturated heterocycles. The average Bonchev–Trinajstić information content (AvgIpc) is 2.49. The van der Waals surface area contributed by atoms with Crippen LogP contribution in [-0.2, 0) is 0 Å². The summed E-state index contributed by atoms with van der Waals surface area (Å²) in [7, 11) is 0. The number of nitrogens with zero attached hydrogens (tertiary/aromatic N) is 2. The summed E-state index contributed by atoms with van der Waals surface area (Å²) >= 11 is 0. The lowest BCUT2D eigenvalue weighted by Gasteiger charge is -2.11. The minimum atomic E-state index is -0.200. The molecule has 0 aromatic rings. The Morgan fingerprint density at radius 2 is 2.00 bits per heavy atom. The van der Waals surface area contributed by atoms with Gasteiger partial charge in [0.15, 0.2) is 5.66 Å². The van der Waals surface area contributed by atoms with Crippen molar-refractivity contribution in [2.45, 2.75) is 25.9 Å². The first-order valence-electron chi connectivity index (χ1n) is 3.26. The molecule has 9 heavy (non-hydrogen) atoms. The molecule has 0 fully saturated rings. The molecular formula is C6H12N2O. The smallest absolute Gasteiger partial charge is 0.195 e. The van der Waals surface area contributed by atoms with Crippen LogP contribution in [0.1, 0.15) is 20.3 Å². The lowest BCUT2D eigenvalue weighted by molar-refractivity contribution is 0.246. The summed E-state index contributed by atoms with van der Waals surface area (Å²) in [5.41, 5.74) is -0.200. The molecule has 0 atom stereocenters. The summed E-state index contributed by atoms with van der Waals surface area (Å²) in [4.78, 5) is 0. The summed E-state index contributed by atoms with van der Waals surface area (Å²) < 4.78 is 0. The monoisotopic (exact) mass is 128 g/mol. The molecule has 3 heteroatoms. The maximum atomic E-state index is 8.57. The molecule has 0 unspecified atom stereocenters. The Labute approximate surface area is 54.8 Å². The fourth-order valence-corrected chi connectivity index (χ4v) is 0.848. The normalized spacial score (nSPS) is 20.9. The van der Waals surface area contributed by atoms with E-state index in [-0.39, 0.29) is 12.3 Å². The van der Waals surface area contributed by atoms with Crippen LogP contribution in [0.25, 0.3) is 0 Å². The summed E-state index contributed by atoms with van der Waals surface area (Å²) in [6, 6.07) is 0. The van der Waals surface area contributed by atoms with Gasteiger partial charge in [-0.3, -0.25) is 0 Å². The van der Waals surface area contributed by atoms with Crippen molar-refractivity contribution in [1.82, 2.24) is 0 Å². The van der Waals surface area contributed by atoms with Crippen molar-refractivity contribution in [3.8, 4) is 0 Å². The van der Waals surface area contributed by atoms with Gasteiger partial charge < -0.3 is 5.11 Å². The zero-order chi connectivity index (χ0) is 6.91. The second kappa shape index (κ2) is 2.06. The van der Waals surface area contributed by atoms with Gasteiger partial charge in [-0.2, -0.15) is 10.2 Å². The van der Waals surface area contributed by atoms with Gasteiger partial charge in [0.1, 0.15) is 0 Å². The molecule has 0 aromatic heterocycles. The molecule has 0 aromatic carbocycles. The first-order valence-corrected chi connectivity index (χ1v) is 3.26. The third-order valence-corrected chi connectivity index (χ3v) is 1.76. The second-order valence-electron chi connectivity index (χ2n) is 2.71. The first-order chi connectivity index (χ1) is 4.21. The Morgan fingerprint density at radius 3 is 2.11 bits per heavy atom. The fourth-order valence-electron chi connectivity index (χ4n) is 0.848. The summed E-state index contributed by atoms with van der Waals surface area (Å²) in [6.07, 6.45) is 0.685. The highest BCUT2D eigenvalue weighted by atomic mass is 16.3. The molecule has 1 rings (SSSR count). The highest BCUT2D eigenvalue weighted by Crippen LogP contribution is 2.38. The minimum Gasteiger partial charge on any atom is -0.396 e. The molecule has 1 aliphatic heterocycles. The lowest BCUT2D eigenvalue weighted by atomic mass is 9.98. The van der Waals surface area contributed by atoms with Crippen molar-refractivity contribution in [2.75, 3.05) is 6.61 Å². The van der Waals surface area contributed by atoms with Gasteiger partial charge in [-0.1, -0.05) is 13.8 Å². The van der Waals surface area contributed by atoms with Crippen molar-refractivity contribution in [2.24, 2.45) is 16.1 Å². The lowest BCUT2D eigenvalue weighted by Crippen LogP contribution is -2.20. The topological polar surface area (TPSA) is 45.0 Å². The third kappa shape index (κ3) is 1.10. The van der Waals surface area contributed by atoms with E-state index in [0.717, 1.165) is 0 Å². The highest BCUT2D eigenvalue weighted by Gasteiger charge is 2.42. The van der Waals surface area contributed by atoms with Gasteiger partial charge >= 0.3 is 0 Å². The van der Waals surface area contributed by atoms with E-state index < -0.39 is 0 Å². The van der Waals surface area contributed by atoms with E-state index in [2.05, 4.69) is 24.1 Å². The van der Waals surface area contributed by atoms with E-state index in [0.29, 0.717) is 12.3 Å². The Kier molecular flexibility index (Phi) is 1.53. The van der Waals surface area contributed by atoms with Gasteiger partial charge in [0.05, 0.1) is 0 Å². The highest BCUT2D eigenvalue weighted by molar-refractivity contribution is 4.95. The average molecular weight is 128 g/mol. The zero-order valence-electron chi connectivity index (χ0n) is 5.83. The Bertz CT molecular complexity index is 125. The molecule has 1 N–H and O–H groups in total. The van der Waals surface area contributed by atoms with E-state index in [9.17, 15) is 0 Å². The van der Waals surface area contributed by atoms with Crippen LogP contribution in [-0.4, -0.2) is 17.4 Å². The number of aliphatic hydroxyl groups is 1. The van der Waals surface area contributed by atoms with E-state index >= 15 is 0 Å². The first kappa shape index (κ1) is 6.68. The van der Waals surface area contributed by atoms with Crippen LogP contribution in [0.5, 0.6) is 0 Å². The number of rotatable bonds is 3. The molecule has 52 valence electrons. The van der Waals surface area contributed by atoms with E-state index in [1.165, 1.54) is 0 Å². The van der Waals surface area contributed by atoms with Gasteiger partial charge in [0, 0.05) is 18.9 Å². The largest absolute Gasteiger partial charge is 0.396 e. The minimum absolute atomic E-state index is 0.186. The van der Waals surface area contributed by atoms with Crippen LogP contribution in [0, 0.1) is 5.92 Å². The maximum Gasteiger partial charge on any atom is 0.195 e. The molecule has 3 nitrogen and oxygen atoms in total. The number of aliphatic hydroxyl groups excluding tert-OH is 1. The van der Waals surface area contributed by atoms with Crippen LogP contribution >= 0.6 is 0 Å². The van der Waals surface area contributed by atoms with Gasteiger partial charge in [0.2, 0.25) is 0 Å². The fraction of sp³-hybridized carbons (Fsp3) is 1.00. The Morgan fingerprint density at radius 1 is 1.44 bits per heavy atom. The Balaban J connectivity index is 2.35. The summed E-state index contributed by atoms with van der Waals surface area (Å²) in [5.74, 6) is 0.435. The van der Waals surface area contributed by atoms with Gasteiger partial charge in [0.25, 0.3) is 0 Å². The van der Waals surface area contributed by atoms with Crippen LogP contribution < -0.4 is 0 Å². The molecule has 0 saturated carbocycles. The maximum absolute atomic E-state index is 8.57. The summed E-state index contributed by atoms with van der Waals surface area (Å²) in [6.45, 7) is 4.32. The molecule has 1 aliphatic rings. The van der Waals surface area contributed by atoms with E-state index in [1.807, 2.05) is 0 Å². The number of hydrogen-bond acceptors (Lipinski definition) is 3. The van der Waals surface area contributed by atoms with Crippen molar-refractivity contribution in [1.29, 1.82) is 0 Å². The van der Waals surface area contributed by atoms with Crippen LogP contribution in [0.2, 0.25) is 0 Å².